The lowest BCUT2D eigenvalue weighted by Gasteiger charge is -2.07. The van der Waals surface area contributed by atoms with Crippen molar-refractivity contribution in [3.05, 3.63) is 47.5 Å². The first-order chi connectivity index (χ1) is 11.0. The van der Waals surface area contributed by atoms with Gasteiger partial charge in [-0.15, -0.1) is 0 Å². The van der Waals surface area contributed by atoms with E-state index in [0.717, 1.165) is 29.9 Å². The number of hydrogen-bond acceptors (Lipinski definition) is 6. The maximum atomic E-state index is 11.8. The molecule has 0 heterocycles. The molecule has 0 saturated carbocycles. The monoisotopic (exact) mass is 318 g/mol. The maximum absolute atomic E-state index is 11.8. The van der Waals surface area contributed by atoms with E-state index in [9.17, 15) is 20.1 Å². The van der Waals surface area contributed by atoms with Gasteiger partial charge in [-0.2, -0.15) is 0 Å². The Hall–Kier alpha value is -2.89. The fourth-order valence-electron chi connectivity index (χ4n) is 2.04. The van der Waals surface area contributed by atoms with Gasteiger partial charge >= 0.3 is 5.97 Å². The first kappa shape index (κ1) is 16.5. The second kappa shape index (κ2) is 7.40. The maximum Gasteiger partial charge on any atom is 0.338 e. The Labute approximate surface area is 133 Å². The Kier molecular flexibility index (Phi) is 5.30. The molecule has 2 rings (SSSR count). The second-order valence-electron chi connectivity index (χ2n) is 4.95. The number of aromatic hydroxyl groups is 3. The van der Waals surface area contributed by atoms with Gasteiger partial charge in [-0.1, -0.05) is 12.1 Å². The van der Waals surface area contributed by atoms with Gasteiger partial charge in [0.05, 0.1) is 19.3 Å². The summed E-state index contributed by atoms with van der Waals surface area (Å²) >= 11 is 0. The standard InChI is InChI=1S/C17H18O6/c1-22-13-6-4-11(5-7-13)3-2-8-23-17(21)12-9-14(18)16(20)15(19)10-12/h4-7,9-10,18-20H,2-3,8H2,1H3. The molecule has 2 aromatic carbocycles. The van der Waals surface area contributed by atoms with E-state index in [1.165, 1.54) is 0 Å². The summed E-state index contributed by atoms with van der Waals surface area (Å²) in [5.74, 6) is -1.70. The predicted molar refractivity (Wildman–Crippen MR) is 83.0 cm³/mol. The molecule has 0 spiro atoms. The molecule has 0 aliphatic heterocycles. The number of aryl methyl sites for hydroxylation is 1. The van der Waals surface area contributed by atoms with E-state index in [2.05, 4.69) is 0 Å². The van der Waals surface area contributed by atoms with E-state index < -0.39 is 23.2 Å². The zero-order valence-corrected chi connectivity index (χ0v) is 12.7. The van der Waals surface area contributed by atoms with Gasteiger partial charge < -0.3 is 24.8 Å². The molecule has 2 aromatic rings. The van der Waals surface area contributed by atoms with Gasteiger partial charge in [-0.3, -0.25) is 0 Å². The van der Waals surface area contributed by atoms with E-state index in [1.54, 1.807) is 7.11 Å². The van der Waals surface area contributed by atoms with Gasteiger partial charge in [0.25, 0.3) is 0 Å². The quantitative estimate of drug-likeness (QED) is 0.430. The van der Waals surface area contributed by atoms with Crippen LogP contribution in [0.4, 0.5) is 0 Å². The predicted octanol–water partition coefficient (Wildman–Crippen LogP) is 2.60. The van der Waals surface area contributed by atoms with Crippen LogP contribution < -0.4 is 4.74 Å². The van der Waals surface area contributed by atoms with Crippen molar-refractivity contribution in [3.8, 4) is 23.0 Å². The highest BCUT2D eigenvalue weighted by molar-refractivity contribution is 5.91. The highest BCUT2D eigenvalue weighted by Crippen LogP contribution is 2.35. The summed E-state index contributed by atoms with van der Waals surface area (Å²) in [4.78, 5) is 11.8. The first-order valence-electron chi connectivity index (χ1n) is 7.06. The molecule has 0 unspecified atom stereocenters. The van der Waals surface area contributed by atoms with E-state index in [-0.39, 0.29) is 12.2 Å². The Morgan fingerprint density at radius 3 is 2.22 bits per heavy atom. The average molecular weight is 318 g/mol. The Balaban J connectivity index is 1.82. The van der Waals surface area contributed by atoms with Crippen molar-refractivity contribution >= 4 is 5.97 Å². The normalized spacial score (nSPS) is 10.3. The number of ether oxygens (including phenoxy) is 2. The molecule has 0 aliphatic carbocycles. The molecule has 0 radical (unpaired) electrons. The van der Waals surface area contributed by atoms with Crippen molar-refractivity contribution in [2.75, 3.05) is 13.7 Å². The smallest absolute Gasteiger partial charge is 0.338 e. The Morgan fingerprint density at radius 1 is 1.04 bits per heavy atom. The fourth-order valence-corrected chi connectivity index (χ4v) is 2.04. The molecule has 6 heteroatoms. The van der Waals surface area contributed by atoms with Gasteiger partial charge in [-0.25, -0.2) is 4.79 Å². The Morgan fingerprint density at radius 2 is 1.65 bits per heavy atom. The van der Waals surface area contributed by atoms with E-state index in [0.29, 0.717) is 6.42 Å². The minimum absolute atomic E-state index is 0.0257. The van der Waals surface area contributed by atoms with E-state index in [4.69, 9.17) is 9.47 Å². The molecule has 0 amide bonds. The summed E-state index contributed by atoms with van der Waals surface area (Å²) in [5, 5.41) is 28.0. The zero-order valence-electron chi connectivity index (χ0n) is 12.7. The van der Waals surface area contributed by atoms with E-state index >= 15 is 0 Å². The number of phenols is 3. The highest BCUT2D eigenvalue weighted by atomic mass is 16.5. The lowest BCUT2D eigenvalue weighted by Crippen LogP contribution is -2.07. The molecule has 0 bridgehead atoms. The fraction of sp³-hybridized carbons (Fsp3) is 0.235. The van der Waals surface area contributed by atoms with Crippen molar-refractivity contribution < 1.29 is 29.6 Å². The minimum atomic E-state index is -0.676. The third-order valence-corrected chi connectivity index (χ3v) is 3.31. The number of esters is 1. The molecule has 23 heavy (non-hydrogen) atoms. The average Bonchev–Trinajstić information content (AvgIpc) is 2.56. The lowest BCUT2D eigenvalue weighted by molar-refractivity contribution is 0.0499. The van der Waals surface area contributed by atoms with Crippen LogP contribution >= 0.6 is 0 Å². The van der Waals surface area contributed by atoms with Gasteiger partial charge in [0.15, 0.2) is 17.2 Å². The third-order valence-electron chi connectivity index (χ3n) is 3.31. The molecule has 6 nitrogen and oxygen atoms in total. The molecule has 122 valence electrons. The molecule has 3 N–H and O–H groups in total. The number of carbonyl (C=O) groups excluding carboxylic acids is 1. The van der Waals surface area contributed by atoms with Crippen LogP contribution in [0.25, 0.3) is 0 Å². The molecule has 0 saturated heterocycles. The van der Waals surface area contributed by atoms with Crippen LogP contribution in [0.3, 0.4) is 0 Å². The van der Waals surface area contributed by atoms with Crippen LogP contribution in [0.5, 0.6) is 23.0 Å². The summed E-state index contributed by atoms with van der Waals surface area (Å²) in [6, 6.07) is 9.70. The minimum Gasteiger partial charge on any atom is -0.504 e. The summed E-state index contributed by atoms with van der Waals surface area (Å²) in [6.45, 7) is 0.202. The zero-order chi connectivity index (χ0) is 16.8. The van der Waals surface area contributed by atoms with Crippen molar-refractivity contribution in [2.45, 2.75) is 12.8 Å². The topological polar surface area (TPSA) is 96.2 Å². The Bertz CT molecular complexity index is 655. The number of carbonyl (C=O) groups is 1. The van der Waals surface area contributed by atoms with Crippen LogP contribution in [0.1, 0.15) is 22.3 Å². The van der Waals surface area contributed by atoms with Crippen molar-refractivity contribution in [1.82, 2.24) is 0 Å². The second-order valence-corrected chi connectivity index (χ2v) is 4.95. The molecular formula is C17H18O6. The number of benzene rings is 2. The number of rotatable bonds is 6. The van der Waals surface area contributed by atoms with Gasteiger partial charge in [0.2, 0.25) is 0 Å². The van der Waals surface area contributed by atoms with Crippen molar-refractivity contribution in [1.29, 1.82) is 0 Å². The number of phenolic OH excluding ortho intramolecular Hbond substituents is 3. The molecule has 0 fully saturated rings. The molecule has 0 atom stereocenters. The number of hydrogen-bond donors (Lipinski definition) is 3. The van der Waals surface area contributed by atoms with Crippen LogP contribution in [-0.4, -0.2) is 35.0 Å². The van der Waals surface area contributed by atoms with E-state index in [1.807, 2.05) is 24.3 Å². The lowest BCUT2D eigenvalue weighted by atomic mass is 10.1. The van der Waals surface area contributed by atoms with Crippen molar-refractivity contribution in [2.24, 2.45) is 0 Å². The highest BCUT2D eigenvalue weighted by Gasteiger charge is 2.14. The van der Waals surface area contributed by atoms with Crippen LogP contribution in [0.2, 0.25) is 0 Å². The first-order valence-corrected chi connectivity index (χ1v) is 7.06. The summed E-state index contributed by atoms with van der Waals surface area (Å²) in [5.41, 5.74) is 1.07. The SMILES string of the molecule is COc1ccc(CCCOC(=O)c2cc(O)c(O)c(O)c2)cc1. The molecule has 0 aliphatic rings. The van der Waals surface area contributed by atoms with Gasteiger partial charge in [0.1, 0.15) is 5.75 Å². The third kappa shape index (κ3) is 4.29. The summed E-state index contributed by atoms with van der Waals surface area (Å²) < 4.78 is 10.2. The summed E-state index contributed by atoms with van der Waals surface area (Å²) in [7, 11) is 1.60. The van der Waals surface area contributed by atoms with Crippen molar-refractivity contribution in [3.63, 3.8) is 0 Å². The largest absolute Gasteiger partial charge is 0.504 e. The van der Waals surface area contributed by atoms with Gasteiger partial charge in [0, 0.05) is 0 Å². The molecular weight excluding hydrogens is 300 g/mol. The molecule has 0 aromatic heterocycles. The van der Waals surface area contributed by atoms with Crippen LogP contribution in [0.15, 0.2) is 36.4 Å². The number of methoxy groups -OCH3 is 1. The van der Waals surface area contributed by atoms with Crippen LogP contribution in [0, 0.1) is 0 Å². The van der Waals surface area contributed by atoms with Crippen LogP contribution in [-0.2, 0) is 11.2 Å². The van der Waals surface area contributed by atoms with Gasteiger partial charge in [-0.05, 0) is 42.7 Å². The summed E-state index contributed by atoms with van der Waals surface area (Å²) in [6.07, 6.45) is 1.37.